The SMILES string of the molecule is Cc1ccc(Oc2ncccc2Cl)c(N)c1. The van der Waals surface area contributed by atoms with Gasteiger partial charge in [0.2, 0.25) is 5.88 Å². The first-order valence-electron chi connectivity index (χ1n) is 4.81. The predicted molar refractivity (Wildman–Crippen MR) is 64.9 cm³/mol. The molecule has 3 nitrogen and oxygen atoms in total. The normalized spacial score (nSPS) is 10.1. The van der Waals surface area contributed by atoms with Gasteiger partial charge in [-0.05, 0) is 36.8 Å². The van der Waals surface area contributed by atoms with Crippen LogP contribution in [0.25, 0.3) is 0 Å². The van der Waals surface area contributed by atoms with Crippen molar-refractivity contribution < 1.29 is 4.74 Å². The van der Waals surface area contributed by atoms with Gasteiger partial charge in [0, 0.05) is 6.20 Å². The molecule has 1 aromatic heterocycles. The average molecular weight is 235 g/mol. The maximum atomic E-state index is 5.93. The van der Waals surface area contributed by atoms with E-state index in [-0.39, 0.29) is 0 Å². The van der Waals surface area contributed by atoms with Crippen LogP contribution in [-0.4, -0.2) is 4.98 Å². The number of hydrogen-bond acceptors (Lipinski definition) is 3. The van der Waals surface area contributed by atoms with Gasteiger partial charge in [-0.2, -0.15) is 0 Å². The zero-order valence-corrected chi connectivity index (χ0v) is 9.53. The first kappa shape index (κ1) is 10.8. The third-order valence-electron chi connectivity index (χ3n) is 2.10. The minimum absolute atomic E-state index is 0.361. The van der Waals surface area contributed by atoms with Gasteiger partial charge in [-0.25, -0.2) is 4.98 Å². The highest BCUT2D eigenvalue weighted by molar-refractivity contribution is 6.31. The van der Waals surface area contributed by atoms with E-state index in [2.05, 4.69) is 4.98 Å². The molecule has 2 rings (SSSR count). The molecule has 2 aromatic rings. The largest absolute Gasteiger partial charge is 0.435 e. The lowest BCUT2D eigenvalue weighted by molar-refractivity contribution is 0.465. The molecular weight excluding hydrogens is 224 g/mol. The molecule has 2 N–H and O–H groups in total. The second kappa shape index (κ2) is 4.41. The highest BCUT2D eigenvalue weighted by atomic mass is 35.5. The van der Waals surface area contributed by atoms with Crippen LogP contribution in [0.4, 0.5) is 5.69 Å². The maximum Gasteiger partial charge on any atom is 0.238 e. The van der Waals surface area contributed by atoms with Gasteiger partial charge in [-0.3, -0.25) is 0 Å². The van der Waals surface area contributed by atoms with Crippen LogP contribution in [0.15, 0.2) is 36.5 Å². The molecule has 1 heterocycles. The highest BCUT2D eigenvalue weighted by Crippen LogP contribution is 2.30. The molecule has 1 aromatic carbocycles. The van der Waals surface area contributed by atoms with E-state index >= 15 is 0 Å². The Bertz CT molecular complexity index is 514. The molecule has 0 spiro atoms. The number of nitrogens with two attached hydrogens (primary N) is 1. The van der Waals surface area contributed by atoms with Crippen LogP contribution in [0.5, 0.6) is 11.6 Å². The topological polar surface area (TPSA) is 48.1 Å². The Labute approximate surface area is 98.8 Å². The van der Waals surface area contributed by atoms with Crippen molar-refractivity contribution in [3.8, 4) is 11.6 Å². The smallest absolute Gasteiger partial charge is 0.238 e. The molecule has 0 aliphatic heterocycles. The summed E-state index contributed by atoms with van der Waals surface area (Å²) in [6, 6.07) is 9.02. The van der Waals surface area contributed by atoms with Crippen LogP contribution in [-0.2, 0) is 0 Å². The van der Waals surface area contributed by atoms with E-state index in [1.165, 1.54) is 0 Å². The van der Waals surface area contributed by atoms with Crippen molar-refractivity contribution in [3.63, 3.8) is 0 Å². The van der Waals surface area contributed by atoms with E-state index in [9.17, 15) is 0 Å². The van der Waals surface area contributed by atoms with Gasteiger partial charge >= 0.3 is 0 Å². The van der Waals surface area contributed by atoms with Gasteiger partial charge in [-0.1, -0.05) is 17.7 Å². The van der Waals surface area contributed by atoms with Gasteiger partial charge < -0.3 is 10.5 Å². The zero-order valence-electron chi connectivity index (χ0n) is 8.77. The van der Waals surface area contributed by atoms with E-state index < -0.39 is 0 Å². The Hall–Kier alpha value is -1.74. The fourth-order valence-corrected chi connectivity index (χ4v) is 1.47. The van der Waals surface area contributed by atoms with Gasteiger partial charge in [0.25, 0.3) is 0 Å². The summed E-state index contributed by atoms with van der Waals surface area (Å²) in [6.07, 6.45) is 1.62. The standard InChI is InChI=1S/C12H11ClN2O/c1-8-4-5-11(10(14)7-8)16-12-9(13)3-2-6-15-12/h2-7H,14H2,1H3. The van der Waals surface area contributed by atoms with E-state index in [0.29, 0.717) is 22.3 Å². The van der Waals surface area contributed by atoms with Crippen LogP contribution < -0.4 is 10.5 Å². The Morgan fingerprint density at radius 3 is 2.81 bits per heavy atom. The summed E-state index contributed by atoms with van der Waals surface area (Å²) in [5, 5.41) is 0.461. The number of rotatable bonds is 2. The molecule has 0 bridgehead atoms. The summed E-state index contributed by atoms with van der Waals surface area (Å²) in [5.41, 5.74) is 7.48. The number of benzene rings is 1. The number of hydrogen-bond donors (Lipinski definition) is 1. The molecule has 0 amide bonds. The highest BCUT2D eigenvalue weighted by Gasteiger charge is 2.06. The van der Waals surface area contributed by atoms with Crippen LogP contribution >= 0.6 is 11.6 Å². The number of aromatic nitrogens is 1. The first-order chi connectivity index (χ1) is 7.66. The second-order valence-corrected chi connectivity index (χ2v) is 3.84. The number of anilines is 1. The Morgan fingerprint density at radius 2 is 2.12 bits per heavy atom. The van der Waals surface area contributed by atoms with Crippen molar-refractivity contribution in [1.29, 1.82) is 0 Å². The molecule has 16 heavy (non-hydrogen) atoms. The van der Waals surface area contributed by atoms with E-state index in [4.69, 9.17) is 22.1 Å². The minimum Gasteiger partial charge on any atom is -0.435 e. The Kier molecular flexibility index (Phi) is 2.97. The number of aryl methyl sites for hydroxylation is 1. The number of nitrogen functional groups attached to an aromatic ring is 1. The average Bonchev–Trinajstić information content (AvgIpc) is 2.25. The van der Waals surface area contributed by atoms with Crippen molar-refractivity contribution in [1.82, 2.24) is 4.98 Å². The molecule has 0 fully saturated rings. The molecular formula is C12H11ClN2O. The van der Waals surface area contributed by atoms with Gasteiger partial charge in [0.15, 0.2) is 5.75 Å². The van der Waals surface area contributed by atoms with Crippen LogP contribution in [0.3, 0.4) is 0 Å². The summed E-state index contributed by atoms with van der Waals surface area (Å²) in [5.74, 6) is 0.922. The van der Waals surface area contributed by atoms with Crippen molar-refractivity contribution in [2.75, 3.05) is 5.73 Å². The lowest BCUT2D eigenvalue weighted by Crippen LogP contribution is -1.94. The number of ether oxygens (including phenoxy) is 1. The van der Waals surface area contributed by atoms with Crippen LogP contribution in [0.2, 0.25) is 5.02 Å². The summed E-state index contributed by atoms with van der Waals surface area (Å²) in [6.45, 7) is 1.97. The minimum atomic E-state index is 0.361. The van der Waals surface area contributed by atoms with E-state index in [1.807, 2.05) is 19.1 Å². The molecule has 4 heteroatoms. The zero-order chi connectivity index (χ0) is 11.5. The van der Waals surface area contributed by atoms with Gasteiger partial charge in [0.05, 0.1) is 5.69 Å². The summed E-state index contributed by atoms with van der Waals surface area (Å²) in [7, 11) is 0. The molecule has 82 valence electrons. The van der Waals surface area contributed by atoms with Crippen LogP contribution in [0, 0.1) is 6.92 Å². The van der Waals surface area contributed by atoms with E-state index in [0.717, 1.165) is 5.56 Å². The molecule has 0 aliphatic carbocycles. The molecule has 0 saturated heterocycles. The number of pyridine rings is 1. The van der Waals surface area contributed by atoms with Crippen molar-refractivity contribution in [3.05, 3.63) is 47.1 Å². The van der Waals surface area contributed by atoms with Crippen molar-refractivity contribution >= 4 is 17.3 Å². The molecule has 0 atom stereocenters. The predicted octanol–water partition coefficient (Wildman–Crippen LogP) is 3.42. The number of halogens is 1. The Morgan fingerprint density at radius 1 is 1.31 bits per heavy atom. The molecule has 0 saturated carbocycles. The van der Waals surface area contributed by atoms with Gasteiger partial charge in [-0.15, -0.1) is 0 Å². The molecule has 0 aliphatic rings. The van der Waals surface area contributed by atoms with Crippen molar-refractivity contribution in [2.45, 2.75) is 6.92 Å². The Balaban J connectivity index is 2.31. The second-order valence-electron chi connectivity index (χ2n) is 3.43. The lowest BCUT2D eigenvalue weighted by atomic mass is 10.2. The monoisotopic (exact) mass is 234 g/mol. The summed E-state index contributed by atoms with van der Waals surface area (Å²) >= 11 is 5.93. The fraction of sp³-hybridized carbons (Fsp3) is 0.0833. The fourth-order valence-electron chi connectivity index (χ4n) is 1.31. The van der Waals surface area contributed by atoms with Crippen LogP contribution in [0.1, 0.15) is 5.56 Å². The quantitative estimate of drug-likeness (QED) is 0.810. The van der Waals surface area contributed by atoms with E-state index in [1.54, 1.807) is 24.4 Å². The number of nitrogens with zero attached hydrogens (tertiary/aromatic N) is 1. The summed E-state index contributed by atoms with van der Waals surface area (Å²) < 4.78 is 5.53. The molecule has 0 unspecified atom stereocenters. The third-order valence-corrected chi connectivity index (χ3v) is 2.38. The maximum absolute atomic E-state index is 5.93. The lowest BCUT2D eigenvalue weighted by Gasteiger charge is -2.08. The van der Waals surface area contributed by atoms with Gasteiger partial charge in [0.1, 0.15) is 5.02 Å². The first-order valence-corrected chi connectivity index (χ1v) is 5.19. The summed E-state index contributed by atoms with van der Waals surface area (Å²) in [4.78, 5) is 4.03. The molecule has 0 radical (unpaired) electrons. The van der Waals surface area contributed by atoms with Crippen molar-refractivity contribution in [2.24, 2.45) is 0 Å². The third kappa shape index (κ3) is 2.25.